The number of esters is 3. The van der Waals surface area contributed by atoms with Gasteiger partial charge in [0, 0.05) is 19.3 Å². The van der Waals surface area contributed by atoms with Crippen LogP contribution in [0.1, 0.15) is 213 Å². The minimum Gasteiger partial charge on any atom is -0.479 e. The summed E-state index contributed by atoms with van der Waals surface area (Å²) < 4.78 is 28.3. The number of carbonyl (C=O) groups excluding carboxylic acids is 3. The van der Waals surface area contributed by atoms with Gasteiger partial charge < -0.3 is 39.0 Å². The number of aliphatic carboxylic acids is 1. The third-order valence-corrected chi connectivity index (χ3v) is 12.7. The fourth-order valence-corrected chi connectivity index (χ4v) is 8.13. The van der Waals surface area contributed by atoms with E-state index in [0.717, 1.165) is 122 Å². The van der Waals surface area contributed by atoms with Gasteiger partial charge in [0.15, 0.2) is 24.6 Å². The van der Waals surface area contributed by atoms with Gasteiger partial charge in [-0.05, 0) is 128 Å². The lowest BCUT2D eigenvalue weighted by Gasteiger charge is -2.40. The molecule has 12 heteroatoms. The molecule has 444 valence electrons. The van der Waals surface area contributed by atoms with Gasteiger partial charge >= 0.3 is 23.9 Å². The van der Waals surface area contributed by atoms with Gasteiger partial charge in [0.25, 0.3) is 0 Å². The second-order valence-corrected chi connectivity index (χ2v) is 19.9. The van der Waals surface area contributed by atoms with E-state index in [2.05, 4.69) is 142 Å². The third kappa shape index (κ3) is 43.4. The molecule has 1 heterocycles. The van der Waals surface area contributed by atoms with Crippen LogP contribution in [-0.2, 0) is 42.9 Å². The highest BCUT2D eigenvalue weighted by Gasteiger charge is 2.50. The third-order valence-electron chi connectivity index (χ3n) is 12.7. The largest absolute Gasteiger partial charge is 0.479 e. The van der Waals surface area contributed by atoms with Crippen LogP contribution in [0.4, 0.5) is 0 Å². The number of carboxylic acid groups (broad SMARTS) is 1. The Labute approximate surface area is 477 Å². The number of carbonyl (C=O) groups is 4. The van der Waals surface area contributed by atoms with Crippen LogP contribution < -0.4 is 0 Å². The number of ether oxygens (including phenoxy) is 5. The van der Waals surface area contributed by atoms with Gasteiger partial charge in [-0.25, -0.2) is 4.79 Å². The molecule has 0 aromatic heterocycles. The van der Waals surface area contributed by atoms with E-state index < -0.39 is 67.3 Å². The van der Waals surface area contributed by atoms with E-state index in [-0.39, 0.29) is 25.9 Å². The van der Waals surface area contributed by atoms with Crippen molar-refractivity contribution < 1.29 is 58.2 Å². The van der Waals surface area contributed by atoms with Gasteiger partial charge in [-0.1, -0.05) is 199 Å². The van der Waals surface area contributed by atoms with Crippen molar-refractivity contribution in [2.24, 2.45) is 0 Å². The molecule has 0 radical (unpaired) electrons. The highest BCUT2D eigenvalue weighted by molar-refractivity contribution is 5.74. The first kappa shape index (κ1) is 71.9. The van der Waals surface area contributed by atoms with Crippen LogP contribution in [0.25, 0.3) is 0 Å². The molecule has 79 heavy (non-hydrogen) atoms. The lowest BCUT2D eigenvalue weighted by Crippen LogP contribution is -2.61. The Morgan fingerprint density at radius 1 is 0.430 bits per heavy atom. The summed E-state index contributed by atoms with van der Waals surface area (Å²) in [5.74, 6) is -3.28. The summed E-state index contributed by atoms with van der Waals surface area (Å²) in [7, 11) is 0. The van der Waals surface area contributed by atoms with Gasteiger partial charge in [-0.3, -0.25) is 14.4 Å². The van der Waals surface area contributed by atoms with E-state index in [0.29, 0.717) is 25.7 Å². The van der Waals surface area contributed by atoms with Crippen LogP contribution in [0.5, 0.6) is 0 Å². The predicted octanol–water partition coefficient (Wildman–Crippen LogP) is 15.8. The smallest absolute Gasteiger partial charge is 0.335 e. The second-order valence-electron chi connectivity index (χ2n) is 19.9. The average molecular weight is 1100 g/mol. The molecule has 0 aliphatic carbocycles. The summed E-state index contributed by atoms with van der Waals surface area (Å²) in [6.45, 7) is 5.66. The molecule has 0 saturated carbocycles. The Morgan fingerprint density at radius 2 is 0.810 bits per heavy atom. The van der Waals surface area contributed by atoms with E-state index in [1.54, 1.807) is 0 Å². The summed E-state index contributed by atoms with van der Waals surface area (Å²) in [6.07, 6.45) is 62.8. The zero-order valence-electron chi connectivity index (χ0n) is 48.8. The molecule has 1 aliphatic rings. The van der Waals surface area contributed by atoms with E-state index in [4.69, 9.17) is 23.7 Å². The SMILES string of the molecule is CC/C=C\C/C=C\C/C=C\C/C=C\C/C=C\CCCC(=O)OC1C(OCC(COC(=O)CCCCCCCC/C=C\C/C=C\C/C=C\CCCCC)OC(=O)CCCCC/C=C\C/C=C\C/C=C\CC)OC(C(=O)O)C(O)C1O. The number of unbranched alkanes of at least 4 members (excludes halogenated alkanes) is 13. The topological polar surface area (TPSA) is 175 Å². The van der Waals surface area contributed by atoms with Crippen molar-refractivity contribution >= 4 is 23.9 Å². The summed E-state index contributed by atoms with van der Waals surface area (Å²) in [5.41, 5.74) is 0. The van der Waals surface area contributed by atoms with Gasteiger partial charge in [0.1, 0.15) is 18.8 Å². The highest BCUT2D eigenvalue weighted by Crippen LogP contribution is 2.26. The van der Waals surface area contributed by atoms with Crippen LogP contribution in [0.3, 0.4) is 0 Å². The zero-order chi connectivity index (χ0) is 57.5. The molecule has 0 aromatic carbocycles. The Hall–Kier alpha value is -5.14. The van der Waals surface area contributed by atoms with Crippen molar-refractivity contribution in [2.75, 3.05) is 13.2 Å². The van der Waals surface area contributed by atoms with Crippen LogP contribution in [0.2, 0.25) is 0 Å². The molecular weight excluding hydrogens is 997 g/mol. The summed E-state index contributed by atoms with van der Waals surface area (Å²) in [5, 5.41) is 31.5. The molecule has 3 N–H and O–H groups in total. The number of hydrogen-bond donors (Lipinski definition) is 3. The van der Waals surface area contributed by atoms with Crippen LogP contribution in [-0.4, -0.2) is 89.2 Å². The fourth-order valence-electron chi connectivity index (χ4n) is 8.13. The van der Waals surface area contributed by atoms with Crippen LogP contribution >= 0.6 is 0 Å². The van der Waals surface area contributed by atoms with Crippen molar-refractivity contribution in [3.8, 4) is 0 Å². The molecule has 6 unspecified atom stereocenters. The molecule has 1 aliphatic heterocycles. The molecule has 0 spiro atoms. The van der Waals surface area contributed by atoms with Gasteiger partial charge in [-0.15, -0.1) is 0 Å². The van der Waals surface area contributed by atoms with E-state index in [9.17, 15) is 34.5 Å². The number of allylic oxidation sites excluding steroid dienone is 22. The predicted molar refractivity (Wildman–Crippen MR) is 321 cm³/mol. The van der Waals surface area contributed by atoms with Crippen molar-refractivity contribution in [2.45, 2.75) is 250 Å². The molecule has 1 rings (SSSR count). The van der Waals surface area contributed by atoms with Crippen LogP contribution in [0, 0.1) is 0 Å². The Kier molecular flexibility index (Phi) is 48.7. The molecule has 12 nitrogen and oxygen atoms in total. The summed E-state index contributed by atoms with van der Waals surface area (Å²) >= 11 is 0. The maximum absolute atomic E-state index is 13.1. The van der Waals surface area contributed by atoms with E-state index in [1.807, 2.05) is 12.2 Å². The zero-order valence-corrected chi connectivity index (χ0v) is 48.8. The second kappa shape index (κ2) is 53.5. The minimum atomic E-state index is -1.94. The van der Waals surface area contributed by atoms with Crippen LogP contribution in [0.15, 0.2) is 134 Å². The van der Waals surface area contributed by atoms with Gasteiger partial charge in [-0.2, -0.15) is 0 Å². The molecule has 6 atom stereocenters. The Balaban J connectivity index is 2.74. The molecule has 0 amide bonds. The van der Waals surface area contributed by atoms with Gasteiger partial charge in [0.2, 0.25) is 0 Å². The van der Waals surface area contributed by atoms with Crippen molar-refractivity contribution in [3.05, 3.63) is 134 Å². The van der Waals surface area contributed by atoms with E-state index >= 15 is 0 Å². The van der Waals surface area contributed by atoms with Gasteiger partial charge in [0.05, 0.1) is 6.61 Å². The van der Waals surface area contributed by atoms with Crippen molar-refractivity contribution in [1.29, 1.82) is 0 Å². The number of aliphatic hydroxyl groups excluding tert-OH is 2. The number of aliphatic hydroxyl groups is 2. The number of carboxylic acids is 1. The normalized spacial score (nSPS) is 18.8. The quantitative estimate of drug-likeness (QED) is 0.0228. The molecule has 1 fully saturated rings. The number of hydrogen-bond acceptors (Lipinski definition) is 11. The maximum Gasteiger partial charge on any atom is 0.335 e. The maximum atomic E-state index is 13.1. The first-order valence-corrected chi connectivity index (χ1v) is 30.2. The lowest BCUT2D eigenvalue weighted by molar-refractivity contribution is -0.301. The van der Waals surface area contributed by atoms with E-state index in [1.165, 1.54) is 25.7 Å². The molecule has 1 saturated heterocycles. The first-order chi connectivity index (χ1) is 38.6. The monoisotopic (exact) mass is 1100 g/mol. The Morgan fingerprint density at radius 3 is 1.27 bits per heavy atom. The fraction of sp³-hybridized carbons (Fsp3) is 0.612. The highest BCUT2D eigenvalue weighted by atomic mass is 16.7. The standard InChI is InChI=1S/C67H104O12/c1-4-7-10-13-16-19-22-25-27-29-30-32-33-36-38-41-44-47-50-53-59(68)75-56-58(77-60(69)54-51-48-45-42-39-35-24-21-18-15-12-9-6-3)57-76-67-65(63(72)62(71)64(79-67)66(73)74)78-61(70)55-52-49-46-43-40-37-34-31-28-26-23-20-17-14-11-8-5-2/h8-9,11-12,16-21,25-28,30,32,34-35,37,39,43,46,58,62-65,67,71-72H,4-7,10,13-15,22-24,29,31,33,36,38,40-42,44-45,47-57H2,1-3H3,(H,73,74)/b11-8-,12-9-,19-16-,20-17-,21-18-,27-25-,28-26-,32-30-,37-34-,39-35-,46-43-. The summed E-state index contributed by atoms with van der Waals surface area (Å²) in [6, 6.07) is 0. The first-order valence-electron chi connectivity index (χ1n) is 30.2. The summed E-state index contributed by atoms with van der Waals surface area (Å²) in [4.78, 5) is 51.2. The minimum absolute atomic E-state index is 0.0302. The number of rotatable bonds is 49. The Bertz CT molecular complexity index is 1880. The average Bonchev–Trinajstić information content (AvgIpc) is 3.46. The van der Waals surface area contributed by atoms with Crippen molar-refractivity contribution in [1.82, 2.24) is 0 Å². The lowest BCUT2D eigenvalue weighted by atomic mass is 9.98. The molecule has 0 bridgehead atoms. The molecular formula is C67H104O12. The van der Waals surface area contributed by atoms with Crippen molar-refractivity contribution in [3.63, 3.8) is 0 Å². The molecule has 0 aromatic rings.